The molecule has 0 aromatic carbocycles. The van der Waals surface area contributed by atoms with Gasteiger partial charge in [0.2, 0.25) is 17.7 Å². The largest absolute Gasteiger partial charge is 0.360 e. The van der Waals surface area contributed by atoms with E-state index in [1.165, 1.54) is 13.3 Å². The summed E-state index contributed by atoms with van der Waals surface area (Å²) in [5, 5.41) is 2.73. The van der Waals surface area contributed by atoms with Gasteiger partial charge in [-0.15, -0.1) is 0 Å². The van der Waals surface area contributed by atoms with Crippen molar-refractivity contribution in [2.45, 2.75) is 50.7 Å². The van der Waals surface area contributed by atoms with Crippen molar-refractivity contribution in [3.63, 3.8) is 0 Å². The third-order valence-corrected chi connectivity index (χ3v) is 6.39. The minimum absolute atomic E-state index is 0.0161. The summed E-state index contributed by atoms with van der Waals surface area (Å²) in [6.45, 7) is 4.36. The molecular weight excluding hydrogens is 346 g/mol. The molecular formula is C20H29N3O4. The molecule has 7 heteroatoms. The Labute approximate surface area is 160 Å². The average molecular weight is 375 g/mol. The second-order valence-corrected chi connectivity index (χ2v) is 8.24. The summed E-state index contributed by atoms with van der Waals surface area (Å²) in [5.74, 6) is -0.884. The Kier molecular flexibility index (Phi) is 4.97. The zero-order valence-electron chi connectivity index (χ0n) is 16.0. The summed E-state index contributed by atoms with van der Waals surface area (Å²) in [6, 6.07) is 0. The molecule has 2 unspecified atom stereocenters. The van der Waals surface area contributed by atoms with Gasteiger partial charge >= 0.3 is 0 Å². The van der Waals surface area contributed by atoms with E-state index in [9.17, 15) is 14.4 Å². The fourth-order valence-electron chi connectivity index (χ4n) is 5.10. The third kappa shape index (κ3) is 3.26. The number of hydrogen-bond donors (Lipinski definition) is 1. The van der Waals surface area contributed by atoms with Crippen molar-refractivity contribution in [1.29, 1.82) is 0 Å². The maximum absolute atomic E-state index is 13.3. The van der Waals surface area contributed by atoms with Gasteiger partial charge in [-0.2, -0.15) is 0 Å². The minimum Gasteiger partial charge on any atom is -0.360 e. The highest BCUT2D eigenvalue weighted by Crippen LogP contribution is 2.52. The highest BCUT2D eigenvalue weighted by Gasteiger charge is 2.67. The number of nitrogens with one attached hydrogen (secondary N) is 1. The first-order valence-corrected chi connectivity index (χ1v) is 10.2. The van der Waals surface area contributed by atoms with Crippen LogP contribution in [0.25, 0.3) is 0 Å². The van der Waals surface area contributed by atoms with Crippen molar-refractivity contribution < 1.29 is 19.1 Å². The molecule has 1 N–H and O–H groups in total. The molecule has 4 heterocycles. The number of carbonyl (C=O) groups excluding carboxylic acids is 3. The van der Waals surface area contributed by atoms with Crippen LogP contribution in [-0.4, -0.2) is 72.0 Å². The van der Waals surface area contributed by atoms with Crippen LogP contribution in [0, 0.1) is 11.8 Å². The first kappa shape index (κ1) is 18.5. The average Bonchev–Trinajstić information content (AvgIpc) is 3.22. The number of ether oxygens (including phenoxy) is 1. The molecule has 0 aliphatic carbocycles. The summed E-state index contributed by atoms with van der Waals surface area (Å²) in [6.07, 6.45) is 9.31. The van der Waals surface area contributed by atoms with Crippen molar-refractivity contribution in [3.8, 4) is 0 Å². The second kappa shape index (κ2) is 7.26. The van der Waals surface area contributed by atoms with Crippen LogP contribution in [0.4, 0.5) is 0 Å². The first-order chi connectivity index (χ1) is 13.0. The number of hydrogen-bond acceptors (Lipinski definition) is 4. The van der Waals surface area contributed by atoms with Gasteiger partial charge in [0.05, 0.1) is 24.5 Å². The number of nitrogens with zero attached hydrogens (tertiary/aromatic N) is 2. The number of carbonyl (C=O) groups is 3. The van der Waals surface area contributed by atoms with Crippen molar-refractivity contribution in [2.24, 2.45) is 11.8 Å². The molecule has 1 spiro atoms. The van der Waals surface area contributed by atoms with E-state index >= 15 is 0 Å². The number of fused-ring (bicyclic) bond motifs is 1. The Balaban J connectivity index is 1.48. The zero-order valence-corrected chi connectivity index (χ0v) is 16.0. The predicted octanol–water partition coefficient (Wildman–Crippen LogP) is 0.697. The molecule has 4 atom stereocenters. The molecule has 7 nitrogen and oxygen atoms in total. The molecule has 4 aliphatic heterocycles. The van der Waals surface area contributed by atoms with Crippen LogP contribution < -0.4 is 5.32 Å². The van der Waals surface area contributed by atoms with Crippen LogP contribution in [0.15, 0.2) is 12.2 Å². The quantitative estimate of drug-likeness (QED) is 0.734. The van der Waals surface area contributed by atoms with Crippen molar-refractivity contribution in [3.05, 3.63) is 12.2 Å². The fraction of sp³-hybridized carbons (Fsp3) is 0.750. The lowest BCUT2D eigenvalue weighted by atomic mass is 9.76. The summed E-state index contributed by atoms with van der Waals surface area (Å²) in [4.78, 5) is 41.2. The monoisotopic (exact) mass is 375 g/mol. The van der Waals surface area contributed by atoms with Gasteiger partial charge in [0.15, 0.2) is 0 Å². The van der Waals surface area contributed by atoms with Crippen LogP contribution in [0.1, 0.15) is 39.0 Å². The molecule has 2 bridgehead atoms. The van der Waals surface area contributed by atoms with E-state index in [2.05, 4.69) is 5.32 Å². The SMILES string of the molecule is CC(=O)NCCN1C[C@]23C=C[C@H](O2)C(C(=O)N2CCCCCCC2)C3C1=O. The summed E-state index contributed by atoms with van der Waals surface area (Å²) in [7, 11) is 0. The van der Waals surface area contributed by atoms with E-state index in [0.29, 0.717) is 19.6 Å². The molecule has 0 aromatic heterocycles. The molecule has 3 amide bonds. The van der Waals surface area contributed by atoms with Crippen LogP contribution in [-0.2, 0) is 19.1 Å². The topological polar surface area (TPSA) is 79.0 Å². The van der Waals surface area contributed by atoms with Crippen molar-refractivity contribution >= 4 is 17.7 Å². The smallest absolute Gasteiger partial charge is 0.230 e. The maximum Gasteiger partial charge on any atom is 0.230 e. The molecule has 0 saturated carbocycles. The molecule has 148 valence electrons. The summed E-state index contributed by atoms with van der Waals surface area (Å²) < 4.78 is 6.18. The first-order valence-electron chi connectivity index (χ1n) is 10.2. The van der Waals surface area contributed by atoms with Crippen molar-refractivity contribution in [1.82, 2.24) is 15.1 Å². The predicted molar refractivity (Wildman–Crippen MR) is 98.7 cm³/mol. The lowest BCUT2D eigenvalue weighted by Gasteiger charge is -2.31. The molecule has 3 saturated heterocycles. The van der Waals surface area contributed by atoms with Crippen LogP contribution in [0.5, 0.6) is 0 Å². The lowest BCUT2D eigenvalue weighted by molar-refractivity contribution is -0.143. The van der Waals surface area contributed by atoms with Gasteiger partial charge in [0.1, 0.15) is 5.60 Å². The van der Waals surface area contributed by atoms with Gasteiger partial charge in [0.25, 0.3) is 0 Å². The molecule has 4 rings (SSSR count). The minimum atomic E-state index is -0.666. The Morgan fingerprint density at radius 2 is 1.93 bits per heavy atom. The molecule has 4 aliphatic rings. The van der Waals surface area contributed by atoms with Crippen LogP contribution in [0.2, 0.25) is 0 Å². The van der Waals surface area contributed by atoms with Gasteiger partial charge in [-0.05, 0) is 12.8 Å². The number of amides is 3. The van der Waals surface area contributed by atoms with E-state index in [1.807, 2.05) is 17.1 Å². The second-order valence-electron chi connectivity index (χ2n) is 8.24. The highest BCUT2D eigenvalue weighted by atomic mass is 16.5. The number of likely N-dealkylation sites (tertiary alicyclic amines) is 2. The molecule has 0 radical (unpaired) electrons. The Morgan fingerprint density at radius 1 is 1.22 bits per heavy atom. The number of rotatable bonds is 4. The van der Waals surface area contributed by atoms with Crippen LogP contribution >= 0.6 is 0 Å². The highest BCUT2D eigenvalue weighted by molar-refractivity contribution is 5.93. The Hall–Kier alpha value is -1.89. The van der Waals surface area contributed by atoms with Gasteiger partial charge in [-0.3, -0.25) is 14.4 Å². The lowest BCUT2D eigenvalue weighted by Crippen LogP contribution is -2.47. The van der Waals surface area contributed by atoms with E-state index in [1.54, 1.807) is 4.90 Å². The summed E-state index contributed by atoms with van der Waals surface area (Å²) in [5.41, 5.74) is -0.666. The van der Waals surface area contributed by atoms with E-state index in [0.717, 1.165) is 38.8 Å². The Bertz CT molecular complexity index is 656. The van der Waals surface area contributed by atoms with E-state index < -0.39 is 17.4 Å². The van der Waals surface area contributed by atoms with Gasteiger partial charge < -0.3 is 19.9 Å². The third-order valence-electron chi connectivity index (χ3n) is 6.39. The van der Waals surface area contributed by atoms with Gasteiger partial charge in [-0.1, -0.05) is 31.4 Å². The molecule has 0 aromatic rings. The van der Waals surface area contributed by atoms with E-state index in [4.69, 9.17) is 4.74 Å². The molecule has 27 heavy (non-hydrogen) atoms. The van der Waals surface area contributed by atoms with Gasteiger partial charge in [0, 0.05) is 33.1 Å². The normalized spacial score (nSPS) is 35.1. The van der Waals surface area contributed by atoms with Gasteiger partial charge in [-0.25, -0.2) is 0 Å². The standard InChI is InChI=1S/C20H29N3O4/c1-14(24)21-9-12-23-13-20-8-7-15(27-20)16(17(20)19(23)26)18(25)22-10-5-3-2-4-6-11-22/h7-8,15-17H,2-6,9-13H2,1H3,(H,21,24)/t15-,16?,17?,20-/m0/s1. The fourth-order valence-corrected chi connectivity index (χ4v) is 5.10. The van der Waals surface area contributed by atoms with Crippen molar-refractivity contribution in [2.75, 3.05) is 32.7 Å². The van der Waals surface area contributed by atoms with Crippen LogP contribution in [0.3, 0.4) is 0 Å². The Morgan fingerprint density at radius 3 is 2.63 bits per heavy atom. The maximum atomic E-state index is 13.3. The molecule has 3 fully saturated rings. The summed E-state index contributed by atoms with van der Waals surface area (Å²) >= 11 is 0. The zero-order chi connectivity index (χ0) is 19.0. The van der Waals surface area contributed by atoms with E-state index in [-0.39, 0.29) is 23.8 Å².